The monoisotopic (exact) mass is 454 g/mol. The Balaban J connectivity index is 1.68. The standard InChI is InChI=1S/C25H31FN4O3/c1-16(2)15-30-20-10-5-4-7-17(20)23(31)21(25(30)33)24(32)27-19-9-6-8-18(26)22(19)29-13-11-28(3)12-14-29/h4-10,16,25,31,33H,11-15H2,1-3H3,(H,27,32). The number of aliphatic hydroxyl groups is 2. The third-order valence-electron chi connectivity index (χ3n) is 6.14. The molecule has 1 saturated heterocycles. The number of benzene rings is 2. The van der Waals surface area contributed by atoms with Crippen LogP contribution < -0.4 is 15.1 Å². The summed E-state index contributed by atoms with van der Waals surface area (Å²) in [6.07, 6.45) is -1.33. The SMILES string of the molecule is CC(C)CN1c2ccccc2C(O)=C(C(=O)Nc2cccc(F)c2N2CCN(C)CC2)C1O. The highest BCUT2D eigenvalue weighted by Crippen LogP contribution is 2.38. The molecule has 8 heteroatoms. The summed E-state index contributed by atoms with van der Waals surface area (Å²) in [5.74, 6) is -1.15. The van der Waals surface area contributed by atoms with E-state index in [-0.39, 0.29) is 17.3 Å². The van der Waals surface area contributed by atoms with E-state index in [1.807, 2.05) is 37.9 Å². The summed E-state index contributed by atoms with van der Waals surface area (Å²) in [4.78, 5) is 19.2. The number of amides is 1. The van der Waals surface area contributed by atoms with Gasteiger partial charge in [-0.05, 0) is 37.2 Å². The first kappa shape index (κ1) is 23.1. The molecule has 1 amide bonds. The molecule has 0 aliphatic carbocycles. The molecule has 0 spiro atoms. The fraction of sp³-hybridized carbons (Fsp3) is 0.400. The van der Waals surface area contributed by atoms with Gasteiger partial charge in [0.1, 0.15) is 17.1 Å². The van der Waals surface area contributed by atoms with Crippen molar-refractivity contribution < 1.29 is 19.4 Å². The number of nitrogens with zero attached hydrogens (tertiary/aromatic N) is 3. The van der Waals surface area contributed by atoms with Crippen molar-refractivity contribution in [3.05, 3.63) is 59.4 Å². The second kappa shape index (κ2) is 9.41. The van der Waals surface area contributed by atoms with Crippen molar-refractivity contribution in [2.45, 2.75) is 20.1 Å². The second-order valence-electron chi connectivity index (χ2n) is 9.08. The highest BCUT2D eigenvalue weighted by molar-refractivity contribution is 6.11. The van der Waals surface area contributed by atoms with Crippen molar-refractivity contribution in [3.63, 3.8) is 0 Å². The largest absolute Gasteiger partial charge is 0.507 e. The maximum absolute atomic E-state index is 14.9. The van der Waals surface area contributed by atoms with Gasteiger partial charge in [0, 0.05) is 44.0 Å². The van der Waals surface area contributed by atoms with Crippen LogP contribution in [-0.4, -0.2) is 67.0 Å². The van der Waals surface area contributed by atoms with Gasteiger partial charge in [-0.15, -0.1) is 0 Å². The minimum absolute atomic E-state index is 0.150. The Hall–Kier alpha value is -3.10. The van der Waals surface area contributed by atoms with Gasteiger partial charge in [0.25, 0.3) is 5.91 Å². The zero-order valence-corrected chi connectivity index (χ0v) is 19.3. The lowest BCUT2D eigenvalue weighted by molar-refractivity contribution is -0.113. The van der Waals surface area contributed by atoms with E-state index in [1.54, 1.807) is 23.1 Å². The third kappa shape index (κ3) is 4.54. The number of hydrogen-bond donors (Lipinski definition) is 3. The molecule has 0 saturated carbocycles. The molecule has 2 aliphatic heterocycles. The fourth-order valence-corrected chi connectivity index (χ4v) is 4.45. The Kier molecular flexibility index (Phi) is 6.58. The minimum Gasteiger partial charge on any atom is -0.507 e. The summed E-state index contributed by atoms with van der Waals surface area (Å²) in [5, 5.41) is 24.8. The number of anilines is 3. The van der Waals surface area contributed by atoms with Crippen LogP contribution in [0.3, 0.4) is 0 Å². The van der Waals surface area contributed by atoms with Crippen LogP contribution in [0.5, 0.6) is 0 Å². The minimum atomic E-state index is -1.33. The number of carbonyl (C=O) groups is 1. The van der Waals surface area contributed by atoms with E-state index < -0.39 is 18.0 Å². The molecule has 2 heterocycles. The average Bonchev–Trinajstić information content (AvgIpc) is 2.78. The van der Waals surface area contributed by atoms with Crippen molar-refractivity contribution >= 4 is 28.7 Å². The van der Waals surface area contributed by atoms with Gasteiger partial charge in [-0.1, -0.05) is 32.0 Å². The van der Waals surface area contributed by atoms with E-state index in [1.165, 1.54) is 12.1 Å². The number of hydrogen-bond acceptors (Lipinski definition) is 6. The van der Waals surface area contributed by atoms with Gasteiger partial charge in [-0.25, -0.2) is 4.39 Å². The highest BCUT2D eigenvalue weighted by Gasteiger charge is 2.36. The first-order valence-corrected chi connectivity index (χ1v) is 11.3. The number of nitrogens with one attached hydrogen (secondary N) is 1. The Bertz CT molecular complexity index is 1060. The summed E-state index contributed by atoms with van der Waals surface area (Å²) in [5.41, 5.74) is 1.63. The Morgan fingerprint density at radius 2 is 1.82 bits per heavy atom. The molecule has 33 heavy (non-hydrogen) atoms. The molecular formula is C25H31FN4O3. The quantitative estimate of drug-likeness (QED) is 0.644. The lowest BCUT2D eigenvalue weighted by Crippen LogP contribution is -2.46. The molecule has 0 bridgehead atoms. The normalized spacial score (nSPS) is 19.2. The van der Waals surface area contributed by atoms with Crippen LogP contribution in [0.4, 0.5) is 21.5 Å². The van der Waals surface area contributed by atoms with Crippen molar-refractivity contribution in [2.75, 3.05) is 54.9 Å². The first-order chi connectivity index (χ1) is 15.8. The van der Waals surface area contributed by atoms with Gasteiger partial charge in [0.15, 0.2) is 6.23 Å². The number of carbonyl (C=O) groups excluding carboxylic acids is 1. The number of aliphatic hydroxyl groups excluding tert-OH is 2. The molecule has 4 rings (SSSR count). The molecule has 3 N–H and O–H groups in total. The van der Waals surface area contributed by atoms with E-state index in [2.05, 4.69) is 10.2 Å². The molecular weight excluding hydrogens is 423 g/mol. The van der Waals surface area contributed by atoms with Gasteiger partial charge in [0.2, 0.25) is 0 Å². The van der Waals surface area contributed by atoms with E-state index in [0.29, 0.717) is 42.3 Å². The van der Waals surface area contributed by atoms with E-state index >= 15 is 0 Å². The molecule has 2 aromatic carbocycles. The zero-order chi connectivity index (χ0) is 23.7. The van der Waals surface area contributed by atoms with Crippen LogP contribution in [-0.2, 0) is 4.79 Å². The lowest BCUT2D eigenvalue weighted by Gasteiger charge is -2.38. The number of likely N-dealkylation sites (N-methyl/N-ethyl adjacent to an activating group) is 1. The van der Waals surface area contributed by atoms with Crippen LogP contribution >= 0.6 is 0 Å². The van der Waals surface area contributed by atoms with Crippen molar-refractivity contribution in [1.82, 2.24) is 4.90 Å². The van der Waals surface area contributed by atoms with Crippen LogP contribution in [0.25, 0.3) is 5.76 Å². The predicted octanol–water partition coefficient (Wildman–Crippen LogP) is 3.28. The topological polar surface area (TPSA) is 79.3 Å². The molecule has 1 atom stereocenters. The molecule has 0 radical (unpaired) electrons. The predicted molar refractivity (Wildman–Crippen MR) is 129 cm³/mol. The molecule has 176 valence electrons. The molecule has 2 aliphatic rings. The van der Waals surface area contributed by atoms with E-state index in [4.69, 9.17) is 0 Å². The number of piperazine rings is 1. The van der Waals surface area contributed by atoms with Crippen molar-refractivity contribution in [2.24, 2.45) is 5.92 Å². The van der Waals surface area contributed by atoms with Gasteiger partial charge in [-0.2, -0.15) is 0 Å². The molecule has 0 aromatic heterocycles. The summed E-state index contributed by atoms with van der Waals surface area (Å²) >= 11 is 0. The van der Waals surface area contributed by atoms with Crippen LogP contribution in [0.2, 0.25) is 0 Å². The summed E-state index contributed by atoms with van der Waals surface area (Å²) < 4.78 is 14.9. The molecule has 2 aromatic rings. The number of rotatable bonds is 5. The molecule has 7 nitrogen and oxygen atoms in total. The van der Waals surface area contributed by atoms with Crippen molar-refractivity contribution in [1.29, 1.82) is 0 Å². The van der Waals surface area contributed by atoms with Gasteiger partial charge in [-0.3, -0.25) is 4.79 Å². The summed E-state index contributed by atoms with van der Waals surface area (Å²) in [6.45, 7) is 7.36. The second-order valence-corrected chi connectivity index (χ2v) is 9.08. The lowest BCUT2D eigenvalue weighted by atomic mass is 9.97. The number of fused-ring (bicyclic) bond motifs is 1. The molecule has 1 unspecified atom stereocenters. The van der Waals surface area contributed by atoms with Gasteiger partial charge < -0.3 is 30.2 Å². The first-order valence-electron chi connectivity index (χ1n) is 11.3. The van der Waals surface area contributed by atoms with Crippen LogP contribution in [0.15, 0.2) is 48.0 Å². The Labute approximate surface area is 193 Å². The highest BCUT2D eigenvalue weighted by atomic mass is 19.1. The smallest absolute Gasteiger partial charge is 0.260 e. The van der Waals surface area contributed by atoms with E-state index in [0.717, 1.165) is 13.1 Å². The Morgan fingerprint density at radius 1 is 1.12 bits per heavy atom. The van der Waals surface area contributed by atoms with Crippen molar-refractivity contribution in [3.8, 4) is 0 Å². The van der Waals surface area contributed by atoms with E-state index in [9.17, 15) is 19.4 Å². The third-order valence-corrected chi connectivity index (χ3v) is 6.14. The average molecular weight is 455 g/mol. The maximum atomic E-state index is 14.9. The van der Waals surface area contributed by atoms with Crippen LogP contribution in [0, 0.1) is 11.7 Å². The van der Waals surface area contributed by atoms with Gasteiger partial charge in [0.05, 0.1) is 11.4 Å². The molecule has 1 fully saturated rings. The van der Waals surface area contributed by atoms with Gasteiger partial charge >= 0.3 is 0 Å². The Morgan fingerprint density at radius 3 is 2.52 bits per heavy atom. The summed E-state index contributed by atoms with van der Waals surface area (Å²) in [6, 6.07) is 11.7. The number of para-hydroxylation sites is 2. The fourth-order valence-electron chi connectivity index (χ4n) is 4.45. The maximum Gasteiger partial charge on any atom is 0.260 e. The summed E-state index contributed by atoms with van der Waals surface area (Å²) in [7, 11) is 2.02. The zero-order valence-electron chi connectivity index (χ0n) is 19.3. The number of halogens is 1. The van der Waals surface area contributed by atoms with Crippen LogP contribution in [0.1, 0.15) is 19.4 Å².